The predicted octanol–water partition coefficient (Wildman–Crippen LogP) is 4.59. The quantitative estimate of drug-likeness (QED) is 0.555. The first kappa shape index (κ1) is 12.4. The highest BCUT2D eigenvalue weighted by Gasteiger charge is 2.12. The van der Waals surface area contributed by atoms with Crippen molar-refractivity contribution >= 4 is 22.7 Å². The van der Waals surface area contributed by atoms with Gasteiger partial charge in [0, 0.05) is 28.7 Å². The van der Waals surface area contributed by atoms with Gasteiger partial charge in [-0.3, -0.25) is 0 Å². The average molecular weight is 311 g/mol. The molecule has 6 heteroatoms. The Hall–Kier alpha value is -2.31. The van der Waals surface area contributed by atoms with E-state index in [-0.39, 0.29) is 0 Å². The monoisotopic (exact) mass is 311 g/mol. The van der Waals surface area contributed by atoms with Crippen LogP contribution in [0.4, 0.5) is 0 Å². The van der Waals surface area contributed by atoms with E-state index < -0.39 is 0 Å². The number of aromatic nitrogens is 3. The molecule has 0 radical (unpaired) electrons. The summed E-state index contributed by atoms with van der Waals surface area (Å²) in [4.78, 5) is 13.4. The van der Waals surface area contributed by atoms with E-state index in [1.807, 2.05) is 35.0 Å². The Kier molecular flexibility index (Phi) is 3.10. The minimum absolute atomic E-state index is 0.813. The van der Waals surface area contributed by atoms with Crippen LogP contribution in [0.25, 0.3) is 32.7 Å². The van der Waals surface area contributed by atoms with Crippen LogP contribution in [0.2, 0.25) is 0 Å². The normalized spacial score (nSPS) is 10.9. The van der Waals surface area contributed by atoms with Crippen LogP contribution >= 0.6 is 22.7 Å². The highest BCUT2D eigenvalue weighted by Crippen LogP contribution is 2.31. The van der Waals surface area contributed by atoms with Crippen LogP contribution in [0.5, 0.6) is 0 Å². The Morgan fingerprint density at radius 2 is 1.57 bits per heavy atom. The molecule has 21 heavy (non-hydrogen) atoms. The van der Waals surface area contributed by atoms with E-state index in [1.54, 1.807) is 41.3 Å². The zero-order chi connectivity index (χ0) is 14.1. The summed E-state index contributed by atoms with van der Waals surface area (Å²) in [5, 5.41) is 5.67. The van der Waals surface area contributed by atoms with E-state index in [9.17, 15) is 0 Å². The van der Waals surface area contributed by atoms with E-state index >= 15 is 0 Å². The highest BCUT2D eigenvalue weighted by atomic mass is 32.1. The molecule has 0 spiro atoms. The summed E-state index contributed by atoms with van der Waals surface area (Å²) < 4.78 is 5.50. The zero-order valence-corrected chi connectivity index (χ0v) is 12.4. The van der Waals surface area contributed by atoms with Crippen LogP contribution in [0, 0.1) is 0 Å². The third kappa shape index (κ3) is 2.39. The summed E-state index contributed by atoms with van der Waals surface area (Å²) in [6.07, 6.45) is 5.23. The summed E-state index contributed by atoms with van der Waals surface area (Å²) in [5.41, 5.74) is 2.65. The van der Waals surface area contributed by atoms with Gasteiger partial charge in [-0.25, -0.2) is 15.0 Å². The molecule has 0 aliphatic heterocycles. The van der Waals surface area contributed by atoms with E-state index in [1.165, 1.54) is 0 Å². The first-order valence-electron chi connectivity index (χ1n) is 6.26. The van der Waals surface area contributed by atoms with Gasteiger partial charge in [0.1, 0.15) is 27.2 Å². The van der Waals surface area contributed by atoms with Crippen molar-refractivity contribution < 1.29 is 4.42 Å². The molecular weight excluding hydrogens is 302 g/mol. The molecule has 0 atom stereocenters. The molecule has 4 heterocycles. The van der Waals surface area contributed by atoms with Gasteiger partial charge in [-0.05, 0) is 24.3 Å². The number of hydrogen-bond donors (Lipinski definition) is 0. The Morgan fingerprint density at radius 1 is 0.905 bits per heavy atom. The fourth-order valence-electron chi connectivity index (χ4n) is 2.03. The Bertz CT molecular complexity index is 710. The maximum Gasteiger partial charge on any atom is 0.141 e. The number of pyridine rings is 1. The van der Waals surface area contributed by atoms with Crippen molar-refractivity contribution in [2.45, 2.75) is 0 Å². The summed E-state index contributed by atoms with van der Waals surface area (Å²) in [6.45, 7) is 0. The Morgan fingerprint density at radius 3 is 2.05 bits per heavy atom. The summed E-state index contributed by atoms with van der Waals surface area (Å²) >= 11 is 3.13. The van der Waals surface area contributed by atoms with Crippen LogP contribution in [0.15, 0.2) is 58.1 Å². The zero-order valence-electron chi connectivity index (χ0n) is 10.8. The lowest BCUT2D eigenvalue weighted by molar-refractivity contribution is 0.582. The standard InChI is InChI=1S/C15H9N3OS2/c1-2-13(19-5-1)10-8-11(14-16-3-6-20-14)18-12(9-10)15-17-4-7-21-15/h1-9H. The topological polar surface area (TPSA) is 51.8 Å². The van der Waals surface area contributed by atoms with Crippen molar-refractivity contribution in [1.82, 2.24) is 15.0 Å². The van der Waals surface area contributed by atoms with Gasteiger partial charge in [0.15, 0.2) is 0 Å². The number of rotatable bonds is 3. The molecule has 0 aliphatic carbocycles. The lowest BCUT2D eigenvalue weighted by atomic mass is 10.1. The van der Waals surface area contributed by atoms with E-state index in [2.05, 4.69) is 15.0 Å². The summed E-state index contributed by atoms with van der Waals surface area (Å²) in [6, 6.07) is 7.80. The molecule has 0 N–H and O–H groups in total. The van der Waals surface area contributed by atoms with Crippen molar-refractivity contribution in [1.29, 1.82) is 0 Å². The second-order valence-electron chi connectivity index (χ2n) is 4.28. The van der Waals surface area contributed by atoms with Crippen molar-refractivity contribution in [3.05, 3.63) is 53.7 Å². The van der Waals surface area contributed by atoms with Gasteiger partial charge in [-0.2, -0.15) is 0 Å². The molecule has 4 rings (SSSR count). The van der Waals surface area contributed by atoms with Gasteiger partial charge in [-0.15, -0.1) is 22.7 Å². The van der Waals surface area contributed by atoms with Gasteiger partial charge in [0.05, 0.1) is 6.26 Å². The Balaban J connectivity index is 1.92. The molecule has 4 aromatic heterocycles. The maximum atomic E-state index is 5.50. The minimum Gasteiger partial charge on any atom is -0.464 e. The number of hydrogen-bond acceptors (Lipinski definition) is 6. The molecular formula is C15H9N3OS2. The first-order chi connectivity index (χ1) is 10.4. The van der Waals surface area contributed by atoms with Crippen molar-refractivity contribution in [3.8, 4) is 32.7 Å². The molecule has 102 valence electrons. The van der Waals surface area contributed by atoms with E-state index in [0.717, 1.165) is 32.7 Å². The lowest BCUT2D eigenvalue weighted by Crippen LogP contribution is -1.89. The van der Waals surface area contributed by atoms with E-state index in [0.29, 0.717) is 0 Å². The number of furan rings is 1. The van der Waals surface area contributed by atoms with Crippen LogP contribution < -0.4 is 0 Å². The largest absolute Gasteiger partial charge is 0.464 e. The molecule has 0 saturated heterocycles. The smallest absolute Gasteiger partial charge is 0.141 e. The third-order valence-corrected chi connectivity index (χ3v) is 4.53. The van der Waals surface area contributed by atoms with Crippen LogP contribution in [-0.4, -0.2) is 15.0 Å². The first-order valence-corrected chi connectivity index (χ1v) is 8.02. The van der Waals surface area contributed by atoms with Gasteiger partial charge in [-0.1, -0.05) is 0 Å². The van der Waals surface area contributed by atoms with Gasteiger partial charge < -0.3 is 4.42 Å². The molecule has 0 saturated carbocycles. The highest BCUT2D eigenvalue weighted by molar-refractivity contribution is 7.13. The third-order valence-electron chi connectivity index (χ3n) is 2.93. The van der Waals surface area contributed by atoms with Crippen LogP contribution in [0.3, 0.4) is 0 Å². The molecule has 0 aliphatic rings. The van der Waals surface area contributed by atoms with Gasteiger partial charge >= 0.3 is 0 Å². The second kappa shape index (κ2) is 5.23. The van der Waals surface area contributed by atoms with Crippen molar-refractivity contribution in [3.63, 3.8) is 0 Å². The summed E-state index contributed by atoms with van der Waals surface area (Å²) in [7, 11) is 0. The summed E-state index contributed by atoms with van der Waals surface area (Å²) in [5.74, 6) is 0.813. The minimum atomic E-state index is 0.813. The van der Waals surface area contributed by atoms with Crippen molar-refractivity contribution in [2.75, 3.05) is 0 Å². The van der Waals surface area contributed by atoms with Crippen LogP contribution in [-0.2, 0) is 0 Å². The molecule has 0 amide bonds. The average Bonchev–Trinajstić information content (AvgIpc) is 3.29. The number of nitrogens with zero attached hydrogens (tertiary/aromatic N) is 3. The molecule has 0 fully saturated rings. The fraction of sp³-hybridized carbons (Fsp3) is 0. The molecule has 0 bridgehead atoms. The predicted molar refractivity (Wildman–Crippen MR) is 84.2 cm³/mol. The maximum absolute atomic E-state index is 5.50. The lowest BCUT2D eigenvalue weighted by Gasteiger charge is -2.04. The fourth-order valence-corrected chi connectivity index (χ4v) is 3.23. The van der Waals surface area contributed by atoms with E-state index in [4.69, 9.17) is 4.42 Å². The molecule has 4 aromatic rings. The second-order valence-corrected chi connectivity index (χ2v) is 6.07. The molecule has 0 aromatic carbocycles. The van der Waals surface area contributed by atoms with Gasteiger partial charge in [0.2, 0.25) is 0 Å². The number of thiazole rings is 2. The van der Waals surface area contributed by atoms with Gasteiger partial charge in [0.25, 0.3) is 0 Å². The molecule has 0 unspecified atom stereocenters. The van der Waals surface area contributed by atoms with Crippen molar-refractivity contribution in [2.24, 2.45) is 0 Å². The molecule has 4 nitrogen and oxygen atoms in total. The Labute approximate surface area is 128 Å². The van der Waals surface area contributed by atoms with Crippen LogP contribution in [0.1, 0.15) is 0 Å². The SMILES string of the molecule is c1coc(-c2cc(-c3nccs3)nc(-c3nccs3)c2)c1.